The van der Waals surface area contributed by atoms with Crippen LogP contribution in [0.2, 0.25) is 0 Å². The minimum atomic E-state index is -0.687. The van der Waals surface area contributed by atoms with Gasteiger partial charge in [0.15, 0.2) is 0 Å². The van der Waals surface area contributed by atoms with Crippen LogP contribution in [0.4, 0.5) is 18.9 Å². The molecule has 0 heterocycles. The number of halogens is 3. The first-order chi connectivity index (χ1) is 16.8. The first-order valence-electron chi connectivity index (χ1n) is 11.5. The molecule has 0 aliphatic carbocycles. The normalized spacial score (nSPS) is 11.9. The van der Waals surface area contributed by atoms with Gasteiger partial charge in [-0.2, -0.15) is 0 Å². The lowest BCUT2D eigenvalue weighted by Gasteiger charge is -2.23. The van der Waals surface area contributed by atoms with Crippen molar-refractivity contribution in [2.45, 2.75) is 45.3 Å². The number of rotatable bonds is 12. The summed E-state index contributed by atoms with van der Waals surface area (Å²) in [6, 6.07) is 16.4. The van der Waals surface area contributed by atoms with E-state index in [9.17, 15) is 18.0 Å². The molecule has 0 unspecified atom stereocenters. The molecular weight excluding hydrogens is 455 g/mol. The summed E-state index contributed by atoms with van der Waals surface area (Å²) in [7, 11) is 0. The molecule has 3 N–H and O–H groups in total. The number of amides is 1. The lowest BCUT2D eigenvalue weighted by Crippen LogP contribution is -2.38. The summed E-state index contributed by atoms with van der Waals surface area (Å²) in [4.78, 5) is 14.3. The number of anilines is 1. The van der Waals surface area contributed by atoms with Gasteiger partial charge in [0.05, 0.1) is 0 Å². The summed E-state index contributed by atoms with van der Waals surface area (Å²) in [6.45, 7) is 3.51. The lowest BCUT2D eigenvalue weighted by atomic mass is 10.1. The molecule has 1 atom stereocenters. The SMILES string of the molecule is Cc1cc(N[C@H](CCCCN(Cc2ccc(F)cc2)Cc2ccc(F)cc2)C(=O)NO)ccc1F. The Bertz CT molecular complexity index is 1040. The van der Waals surface area contributed by atoms with E-state index >= 15 is 0 Å². The number of hydrogen-bond acceptors (Lipinski definition) is 4. The molecule has 186 valence electrons. The number of benzene rings is 3. The predicted octanol–water partition coefficient (Wildman–Crippen LogP) is 5.57. The molecule has 3 aromatic rings. The van der Waals surface area contributed by atoms with Crippen LogP contribution in [0, 0.1) is 24.4 Å². The van der Waals surface area contributed by atoms with E-state index < -0.39 is 11.9 Å². The maximum absolute atomic E-state index is 13.5. The molecule has 0 aliphatic heterocycles. The molecule has 0 bridgehead atoms. The molecule has 0 spiro atoms. The molecule has 0 aliphatic rings. The van der Waals surface area contributed by atoms with Crippen LogP contribution in [0.3, 0.4) is 0 Å². The van der Waals surface area contributed by atoms with Gasteiger partial charge < -0.3 is 5.32 Å². The first kappa shape index (κ1) is 26.2. The smallest absolute Gasteiger partial charge is 0.265 e. The standard InChI is InChI=1S/C27H30F3N3O2/c1-19-16-24(13-14-25(19)30)31-26(27(34)32-35)4-2-3-15-33(17-20-5-9-22(28)10-6-20)18-21-7-11-23(29)12-8-21/h5-14,16,26,31,35H,2-4,15,17-18H2,1H3,(H,32,34)/t26-/m1/s1. The van der Waals surface area contributed by atoms with Crippen LogP contribution in [0.5, 0.6) is 0 Å². The monoisotopic (exact) mass is 485 g/mol. The van der Waals surface area contributed by atoms with Crippen molar-refractivity contribution in [1.29, 1.82) is 0 Å². The molecule has 3 rings (SSSR count). The number of hydrogen-bond donors (Lipinski definition) is 3. The Morgan fingerprint density at radius 3 is 1.97 bits per heavy atom. The second-order valence-corrected chi connectivity index (χ2v) is 8.60. The molecule has 5 nitrogen and oxygen atoms in total. The number of nitrogens with zero attached hydrogens (tertiary/aromatic N) is 1. The Balaban J connectivity index is 1.59. The quantitative estimate of drug-likeness (QED) is 0.178. The Labute approximate surface area is 203 Å². The highest BCUT2D eigenvalue weighted by molar-refractivity contribution is 5.83. The zero-order chi connectivity index (χ0) is 25.2. The molecule has 0 aromatic heterocycles. The number of hydroxylamine groups is 1. The Morgan fingerprint density at radius 2 is 1.46 bits per heavy atom. The average molecular weight is 486 g/mol. The van der Waals surface area contributed by atoms with Crippen molar-refractivity contribution < 1.29 is 23.2 Å². The van der Waals surface area contributed by atoms with E-state index in [1.165, 1.54) is 30.3 Å². The maximum atomic E-state index is 13.5. The van der Waals surface area contributed by atoms with Crippen LogP contribution in [-0.2, 0) is 17.9 Å². The summed E-state index contributed by atoms with van der Waals surface area (Å²) in [5.41, 5.74) is 4.65. The van der Waals surface area contributed by atoms with Crippen molar-refractivity contribution in [3.05, 3.63) is 101 Å². The van der Waals surface area contributed by atoms with Crippen LogP contribution in [0.15, 0.2) is 66.7 Å². The third kappa shape index (κ3) is 8.42. The Hall–Kier alpha value is -3.36. The van der Waals surface area contributed by atoms with Gasteiger partial charge in [0.2, 0.25) is 0 Å². The highest BCUT2D eigenvalue weighted by Crippen LogP contribution is 2.18. The maximum Gasteiger partial charge on any atom is 0.265 e. The lowest BCUT2D eigenvalue weighted by molar-refractivity contribution is -0.130. The molecule has 0 fully saturated rings. The van der Waals surface area contributed by atoms with Gasteiger partial charge in [0.1, 0.15) is 23.5 Å². The molecule has 3 aromatic carbocycles. The summed E-state index contributed by atoms with van der Waals surface area (Å²) in [5, 5.41) is 12.2. The van der Waals surface area contributed by atoms with E-state index in [1.54, 1.807) is 48.8 Å². The van der Waals surface area contributed by atoms with Gasteiger partial charge in [-0.3, -0.25) is 14.9 Å². The van der Waals surface area contributed by atoms with Crippen molar-refractivity contribution in [3.63, 3.8) is 0 Å². The van der Waals surface area contributed by atoms with Crippen molar-refractivity contribution in [1.82, 2.24) is 10.4 Å². The van der Waals surface area contributed by atoms with Crippen molar-refractivity contribution in [3.8, 4) is 0 Å². The topological polar surface area (TPSA) is 64.6 Å². The number of aryl methyl sites for hydroxylation is 1. The van der Waals surface area contributed by atoms with Crippen molar-refractivity contribution in [2.24, 2.45) is 0 Å². The van der Waals surface area contributed by atoms with Gasteiger partial charge in [-0.1, -0.05) is 24.3 Å². The molecule has 0 saturated carbocycles. The summed E-state index contributed by atoms with van der Waals surface area (Å²) in [5.74, 6) is -1.49. The van der Waals surface area contributed by atoms with Crippen molar-refractivity contribution in [2.75, 3.05) is 11.9 Å². The number of nitrogens with one attached hydrogen (secondary N) is 2. The van der Waals surface area contributed by atoms with Gasteiger partial charge in [-0.15, -0.1) is 0 Å². The zero-order valence-electron chi connectivity index (χ0n) is 19.6. The fourth-order valence-corrected chi connectivity index (χ4v) is 3.88. The van der Waals surface area contributed by atoms with Crippen LogP contribution in [0.25, 0.3) is 0 Å². The Morgan fingerprint density at radius 1 is 0.886 bits per heavy atom. The van der Waals surface area contributed by atoms with E-state index in [1.807, 2.05) is 0 Å². The van der Waals surface area contributed by atoms with Crippen LogP contribution in [-0.4, -0.2) is 28.6 Å². The molecule has 1 amide bonds. The number of unbranched alkanes of at least 4 members (excludes halogenated alkanes) is 1. The third-order valence-electron chi connectivity index (χ3n) is 5.78. The van der Waals surface area contributed by atoms with Gasteiger partial charge in [0.25, 0.3) is 5.91 Å². The summed E-state index contributed by atoms with van der Waals surface area (Å²) >= 11 is 0. The molecule has 0 saturated heterocycles. The first-order valence-corrected chi connectivity index (χ1v) is 11.5. The summed E-state index contributed by atoms with van der Waals surface area (Å²) in [6.07, 6.45) is 1.88. The molecule has 8 heteroatoms. The minimum absolute atomic E-state index is 0.295. The minimum Gasteiger partial charge on any atom is -0.374 e. The van der Waals surface area contributed by atoms with Gasteiger partial charge in [0, 0.05) is 18.8 Å². The average Bonchev–Trinajstić information content (AvgIpc) is 2.85. The van der Waals surface area contributed by atoms with Crippen molar-refractivity contribution >= 4 is 11.6 Å². The fourth-order valence-electron chi connectivity index (χ4n) is 3.88. The van der Waals surface area contributed by atoms with Crippen LogP contribution in [0.1, 0.15) is 36.0 Å². The highest BCUT2D eigenvalue weighted by atomic mass is 19.1. The molecule has 35 heavy (non-hydrogen) atoms. The molecule has 0 radical (unpaired) electrons. The van der Waals surface area contributed by atoms with E-state index in [-0.39, 0.29) is 17.5 Å². The van der Waals surface area contributed by atoms with E-state index in [2.05, 4.69) is 10.2 Å². The van der Waals surface area contributed by atoms with E-state index in [4.69, 9.17) is 5.21 Å². The van der Waals surface area contributed by atoms with Gasteiger partial charge in [-0.25, -0.2) is 18.7 Å². The molecular formula is C27H30F3N3O2. The Kier molecular flexibility index (Phi) is 9.69. The van der Waals surface area contributed by atoms with E-state index in [0.717, 1.165) is 17.5 Å². The third-order valence-corrected chi connectivity index (χ3v) is 5.78. The number of carbonyl (C=O) groups excluding carboxylic acids is 1. The predicted molar refractivity (Wildman–Crippen MR) is 129 cm³/mol. The van der Waals surface area contributed by atoms with Crippen LogP contribution < -0.4 is 10.8 Å². The number of carbonyl (C=O) groups is 1. The zero-order valence-corrected chi connectivity index (χ0v) is 19.6. The van der Waals surface area contributed by atoms with Gasteiger partial charge in [-0.05, 0) is 91.9 Å². The fraction of sp³-hybridized carbons (Fsp3) is 0.296. The largest absolute Gasteiger partial charge is 0.374 e. The van der Waals surface area contributed by atoms with Crippen LogP contribution >= 0.6 is 0 Å². The second kappa shape index (κ2) is 12.9. The van der Waals surface area contributed by atoms with Gasteiger partial charge >= 0.3 is 0 Å². The van der Waals surface area contributed by atoms with E-state index in [0.29, 0.717) is 43.7 Å². The highest BCUT2D eigenvalue weighted by Gasteiger charge is 2.18. The summed E-state index contributed by atoms with van der Waals surface area (Å²) < 4.78 is 40.2. The second-order valence-electron chi connectivity index (χ2n) is 8.60.